The average Bonchev–Trinajstić information content (AvgIpc) is 3.34. The predicted molar refractivity (Wildman–Crippen MR) is 125 cm³/mol. The van der Waals surface area contributed by atoms with Crippen LogP contribution in [0.1, 0.15) is 53.0 Å². The summed E-state index contributed by atoms with van der Waals surface area (Å²) < 4.78 is 8.50. The molecule has 5 nitrogen and oxygen atoms in total. The van der Waals surface area contributed by atoms with Crippen LogP contribution in [0.15, 0.2) is 40.5 Å². The second kappa shape index (κ2) is 8.90. The second-order valence-corrected chi connectivity index (χ2v) is 9.51. The predicted octanol–water partition coefficient (Wildman–Crippen LogP) is 5.35. The van der Waals surface area contributed by atoms with Crippen molar-refractivity contribution in [3.05, 3.63) is 46.1 Å². The lowest BCUT2D eigenvalue weighted by atomic mass is 10.1. The monoisotopic (exact) mass is 425 g/mol. The average molecular weight is 426 g/mol. The van der Waals surface area contributed by atoms with Crippen LogP contribution in [0.4, 0.5) is 0 Å². The number of fused-ring (bicyclic) bond motifs is 1. The fraction of sp³-hybridized carbons (Fsp3) is 0.500. The molecule has 0 unspecified atom stereocenters. The molecule has 0 aliphatic carbocycles. The Morgan fingerprint density at radius 2 is 1.83 bits per heavy atom. The van der Waals surface area contributed by atoms with Gasteiger partial charge in [0.05, 0.1) is 22.7 Å². The van der Waals surface area contributed by atoms with Crippen molar-refractivity contribution in [2.75, 3.05) is 13.2 Å². The van der Waals surface area contributed by atoms with Crippen LogP contribution >= 0.6 is 11.3 Å². The SMILES string of the molecule is CC(C)n1nc(-c2ccc(OCCCN3[C@H](C)CC[C@H]3C)cc2)c2sccc2c1=O. The largest absolute Gasteiger partial charge is 0.494 e. The van der Waals surface area contributed by atoms with Crippen LogP contribution in [0.25, 0.3) is 21.3 Å². The molecule has 6 heteroatoms. The lowest BCUT2D eigenvalue weighted by Crippen LogP contribution is -2.34. The summed E-state index contributed by atoms with van der Waals surface area (Å²) in [5.41, 5.74) is 1.84. The van der Waals surface area contributed by atoms with Crippen molar-refractivity contribution < 1.29 is 4.74 Å². The number of benzene rings is 1. The Kier molecular flexibility index (Phi) is 6.25. The number of aromatic nitrogens is 2. The maximum atomic E-state index is 12.6. The molecule has 4 rings (SSSR count). The van der Waals surface area contributed by atoms with Gasteiger partial charge in [0.1, 0.15) is 11.4 Å². The molecule has 0 spiro atoms. The molecule has 160 valence electrons. The Labute approximate surface area is 182 Å². The molecule has 1 saturated heterocycles. The van der Waals surface area contributed by atoms with Gasteiger partial charge in [0.2, 0.25) is 0 Å². The zero-order valence-corrected chi connectivity index (χ0v) is 19.1. The zero-order valence-electron chi connectivity index (χ0n) is 18.3. The molecule has 1 aromatic carbocycles. The number of hydrogen-bond donors (Lipinski definition) is 0. The number of thiophene rings is 1. The summed E-state index contributed by atoms with van der Waals surface area (Å²) in [6.45, 7) is 10.4. The molecular formula is C24H31N3O2S. The van der Waals surface area contributed by atoms with Crippen molar-refractivity contribution in [1.29, 1.82) is 0 Å². The van der Waals surface area contributed by atoms with E-state index in [9.17, 15) is 4.79 Å². The molecule has 30 heavy (non-hydrogen) atoms. The lowest BCUT2D eigenvalue weighted by molar-refractivity contribution is 0.191. The van der Waals surface area contributed by atoms with Gasteiger partial charge in [0, 0.05) is 24.2 Å². The quantitative estimate of drug-likeness (QED) is 0.479. The van der Waals surface area contributed by atoms with E-state index in [1.807, 2.05) is 49.6 Å². The van der Waals surface area contributed by atoms with Gasteiger partial charge in [0.25, 0.3) is 5.56 Å². The van der Waals surface area contributed by atoms with Crippen LogP contribution in [-0.2, 0) is 0 Å². The Balaban J connectivity index is 1.44. The molecule has 1 fully saturated rings. The van der Waals surface area contributed by atoms with Crippen molar-refractivity contribution in [3.63, 3.8) is 0 Å². The van der Waals surface area contributed by atoms with E-state index in [1.165, 1.54) is 12.8 Å². The minimum atomic E-state index is -0.0217. The van der Waals surface area contributed by atoms with Gasteiger partial charge in [-0.3, -0.25) is 9.69 Å². The van der Waals surface area contributed by atoms with Crippen LogP contribution in [0.2, 0.25) is 0 Å². The normalized spacial score (nSPS) is 19.8. The molecule has 0 amide bonds. The van der Waals surface area contributed by atoms with Gasteiger partial charge in [0.15, 0.2) is 0 Å². The van der Waals surface area contributed by atoms with Crippen molar-refractivity contribution >= 4 is 21.4 Å². The molecule has 0 saturated carbocycles. The number of hydrogen-bond acceptors (Lipinski definition) is 5. The zero-order chi connectivity index (χ0) is 21.3. The van der Waals surface area contributed by atoms with Crippen molar-refractivity contribution in [2.24, 2.45) is 0 Å². The summed E-state index contributed by atoms with van der Waals surface area (Å²) in [7, 11) is 0. The summed E-state index contributed by atoms with van der Waals surface area (Å²) in [5, 5.41) is 7.37. The number of nitrogens with zero attached hydrogens (tertiary/aromatic N) is 3. The van der Waals surface area contributed by atoms with E-state index in [2.05, 4.69) is 23.8 Å². The second-order valence-electron chi connectivity index (χ2n) is 8.60. The van der Waals surface area contributed by atoms with Crippen LogP contribution < -0.4 is 10.3 Å². The van der Waals surface area contributed by atoms with Gasteiger partial charge in [-0.2, -0.15) is 5.10 Å². The van der Waals surface area contributed by atoms with E-state index in [1.54, 1.807) is 16.0 Å². The third-order valence-electron chi connectivity index (χ3n) is 6.11. The first-order valence-electron chi connectivity index (χ1n) is 10.9. The Morgan fingerprint density at radius 3 is 2.50 bits per heavy atom. The maximum Gasteiger partial charge on any atom is 0.275 e. The third-order valence-corrected chi connectivity index (χ3v) is 7.03. The fourth-order valence-corrected chi connectivity index (χ4v) is 5.25. The highest BCUT2D eigenvalue weighted by atomic mass is 32.1. The third kappa shape index (κ3) is 4.16. The Morgan fingerprint density at radius 1 is 1.13 bits per heavy atom. The molecule has 3 heterocycles. The first kappa shape index (κ1) is 21.1. The van der Waals surface area contributed by atoms with Crippen molar-refractivity contribution in [3.8, 4) is 17.0 Å². The van der Waals surface area contributed by atoms with Gasteiger partial charge in [-0.25, -0.2) is 4.68 Å². The van der Waals surface area contributed by atoms with Gasteiger partial charge >= 0.3 is 0 Å². The Hall–Kier alpha value is -2.18. The lowest BCUT2D eigenvalue weighted by Gasteiger charge is -2.25. The van der Waals surface area contributed by atoms with E-state index in [-0.39, 0.29) is 11.6 Å². The number of ether oxygens (including phenoxy) is 1. The van der Waals surface area contributed by atoms with Gasteiger partial charge in [-0.1, -0.05) is 0 Å². The minimum absolute atomic E-state index is 0.0178. The highest BCUT2D eigenvalue weighted by molar-refractivity contribution is 7.17. The van der Waals surface area contributed by atoms with Crippen LogP contribution in [0.5, 0.6) is 5.75 Å². The van der Waals surface area contributed by atoms with Gasteiger partial charge < -0.3 is 4.74 Å². The molecule has 1 aliphatic rings. The molecule has 2 atom stereocenters. The molecular weight excluding hydrogens is 394 g/mol. The number of rotatable bonds is 7. The molecule has 2 aromatic heterocycles. The standard InChI is InChI=1S/C24H31N3O2S/c1-16(2)27-24(28)21-12-15-30-23(21)22(25-27)19-8-10-20(11-9-19)29-14-5-13-26-17(3)6-7-18(26)4/h8-12,15-18H,5-7,13-14H2,1-4H3/t17-,18-/m1/s1. The Bertz CT molecular complexity index is 1040. The molecule has 0 bridgehead atoms. The van der Waals surface area contributed by atoms with E-state index in [0.717, 1.165) is 46.7 Å². The van der Waals surface area contributed by atoms with Gasteiger partial charge in [-0.05, 0) is 82.7 Å². The van der Waals surface area contributed by atoms with Crippen LogP contribution in [-0.4, -0.2) is 39.9 Å². The van der Waals surface area contributed by atoms with E-state index in [4.69, 9.17) is 4.74 Å². The van der Waals surface area contributed by atoms with E-state index >= 15 is 0 Å². The summed E-state index contributed by atoms with van der Waals surface area (Å²) in [6.07, 6.45) is 3.64. The first-order valence-corrected chi connectivity index (χ1v) is 11.8. The van der Waals surface area contributed by atoms with Crippen molar-refractivity contribution in [1.82, 2.24) is 14.7 Å². The number of likely N-dealkylation sites (tertiary alicyclic amines) is 1. The molecule has 3 aromatic rings. The molecule has 1 aliphatic heterocycles. The molecule has 0 radical (unpaired) electrons. The smallest absolute Gasteiger partial charge is 0.275 e. The fourth-order valence-electron chi connectivity index (χ4n) is 4.36. The summed E-state index contributed by atoms with van der Waals surface area (Å²) >= 11 is 1.56. The topological polar surface area (TPSA) is 47.4 Å². The van der Waals surface area contributed by atoms with E-state index < -0.39 is 0 Å². The van der Waals surface area contributed by atoms with Crippen LogP contribution in [0, 0.1) is 0 Å². The maximum absolute atomic E-state index is 12.6. The molecule has 0 N–H and O–H groups in total. The highest BCUT2D eigenvalue weighted by Crippen LogP contribution is 2.30. The van der Waals surface area contributed by atoms with E-state index in [0.29, 0.717) is 12.1 Å². The van der Waals surface area contributed by atoms with Gasteiger partial charge in [-0.15, -0.1) is 11.3 Å². The summed E-state index contributed by atoms with van der Waals surface area (Å²) in [4.78, 5) is 15.2. The van der Waals surface area contributed by atoms with Crippen LogP contribution in [0.3, 0.4) is 0 Å². The first-order chi connectivity index (χ1) is 14.5. The highest BCUT2D eigenvalue weighted by Gasteiger charge is 2.26. The summed E-state index contributed by atoms with van der Waals surface area (Å²) in [6, 6.07) is 11.4. The minimum Gasteiger partial charge on any atom is -0.494 e. The van der Waals surface area contributed by atoms with Crippen molar-refractivity contribution in [2.45, 2.75) is 65.1 Å². The summed E-state index contributed by atoms with van der Waals surface area (Å²) in [5.74, 6) is 0.876.